The molecule has 0 radical (unpaired) electrons. The van der Waals surface area contributed by atoms with E-state index in [-0.39, 0.29) is 12.5 Å². The van der Waals surface area contributed by atoms with Gasteiger partial charge in [0.25, 0.3) is 0 Å². The number of anilines is 1. The lowest BCUT2D eigenvalue weighted by atomic mass is 10.2. The highest BCUT2D eigenvalue weighted by molar-refractivity contribution is 5.91. The second-order valence-corrected chi connectivity index (χ2v) is 2.81. The average Bonchev–Trinajstić information content (AvgIpc) is 2.18. The number of carbonyl (C=O) groups excluding carboxylic acids is 1. The van der Waals surface area contributed by atoms with E-state index in [1.54, 1.807) is 6.08 Å². The third kappa shape index (κ3) is 3.03. The summed E-state index contributed by atoms with van der Waals surface area (Å²) in [5.41, 5.74) is 1.73. The van der Waals surface area contributed by atoms with Gasteiger partial charge in [0.1, 0.15) is 6.61 Å². The number of hydrogen-bond acceptors (Lipinski definition) is 2. The van der Waals surface area contributed by atoms with Crippen molar-refractivity contribution in [2.24, 2.45) is 0 Å². The van der Waals surface area contributed by atoms with Gasteiger partial charge in [-0.05, 0) is 17.7 Å². The maximum atomic E-state index is 11.2. The highest BCUT2D eigenvalue weighted by Crippen LogP contribution is 2.11. The van der Waals surface area contributed by atoms with Crippen LogP contribution in [0.1, 0.15) is 5.56 Å². The molecule has 3 nitrogen and oxygen atoms in total. The van der Waals surface area contributed by atoms with Crippen LogP contribution in [0.4, 0.5) is 5.69 Å². The Morgan fingerprint density at radius 1 is 1.64 bits per heavy atom. The van der Waals surface area contributed by atoms with Crippen molar-refractivity contribution < 1.29 is 9.53 Å². The first-order valence-electron chi connectivity index (χ1n) is 4.27. The molecule has 0 fully saturated rings. The molecule has 14 heavy (non-hydrogen) atoms. The number of ether oxygens (including phenoxy) is 1. The molecule has 74 valence electrons. The molecule has 1 N–H and O–H groups in total. The van der Waals surface area contributed by atoms with Crippen LogP contribution < -0.4 is 5.32 Å². The van der Waals surface area contributed by atoms with Gasteiger partial charge in [-0.1, -0.05) is 24.8 Å². The summed E-state index contributed by atoms with van der Waals surface area (Å²) in [5, 5.41) is 2.71. The zero-order valence-corrected chi connectivity index (χ0v) is 8.12. The zero-order chi connectivity index (χ0) is 10.4. The Balaban J connectivity index is 2.66. The number of benzene rings is 1. The number of amides is 1. The van der Waals surface area contributed by atoms with Crippen LogP contribution in [0.25, 0.3) is 6.08 Å². The minimum Gasteiger partial charge on any atom is -0.375 e. The third-order valence-corrected chi connectivity index (χ3v) is 1.68. The molecule has 0 bridgehead atoms. The van der Waals surface area contributed by atoms with Crippen molar-refractivity contribution in [3.05, 3.63) is 36.4 Å². The molecule has 0 saturated heterocycles. The highest BCUT2D eigenvalue weighted by atomic mass is 16.5. The lowest BCUT2D eigenvalue weighted by Crippen LogP contribution is -2.16. The summed E-state index contributed by atoms with van der Waals surface area (Å²) in [4.78, 5) is 11.2. The molecule has 1 aromatic rings. The SMILES string of the molecule is C=Cc1cccc(NC(=O)COC)c1. The van der Waals surface area contributed by atoms with Gasteiger partial charge in [-0.3, -0.25) is 4.79 Å². The van der Waals surface area contributed by atoms with Crippen LogP contribution in [0.15, 0.2) is 30.8 Å². The van der Waals surface area contributed by atoms with E-state index in [2.05, 4.69) is 11.9 Å². The largest absolute Gasteiger partial charge is 0.375 e. The lowest BCUT2D eigenvalue weighted by molar-refractivity contribution is -0.119. The summed E-state index contributed by atoms with van der Waals surface area (Å²) in [6.45, 7) is 3.72. The van der Waals surface area contributed by atoms with E-state index in [9.17, 15) is 4.79 Å². The maximum Gasteiger partial charge on any atom is 0.250 e. The first-order chi connectivity index (χ1) is 6.76. The van der Waals surface area contributed by atoms with E-state index in [1.165, 1.54) is 7.11 Å². The second kappa shape index (κ2) is 5.19. The predicted molar refractivity (Wildman–Crippen MR) is 57.0 cm³/mol. The van der Waals surface area contributed by atoms with Crippen molar-refractivity contribution in [3.63, 3.8) is 0 Å². The molecule has 0 aliphatic rings. The van der Waals surface area contributed by atoms with Crippen LogP contribution >= 0.6 is 0 Å². The van der Waals surface area contributed by atoms with Crippen LogP contribution in [0.3, 0.4) is 0 Å². The maximum absolute atomic E-state index is 11.2. The molecule has 0 aliphatic carbocycles. The molecule has 3 heteroatoms. The Labute approximate surface area is 83.4 Å². The van der Waals surface area contributed by atoms with Crippen LogP contribution in [0.5, 0.6) is 0 Å². The minimum atomic E-state index is -0.159. The molecule has 1 aromatic carbocycles. The first kappa shape index (κ1) is 10.5. The normalized spacial score (nSPS) is 9.50. The summed E-state index contributed by atoms with van der Waals surface area (Å²) in [5.74, 6) is -0.159. The Hall–Kier alpha value is -1.61. The molecule has 1 amide bonds. The summed E-state index contributed by atoms with van der Waals surface area (Å²) in [6, 6.07) is 7.44. The van der Waals surface area contributed by atoms with Crippen LogP contribution in [0.2, 0.25) is 0 Å². The second-order valence-electron chi connectivity index (χ2n) is 2.81. The molecule has 0 heterocycles. The number of methoxy groups -OCH3 is 1. The monoisotopic (exact) mass is 191 g/mol. The van der Waals surface area contributed by atoms with E-state index in [0.29, 0.717) is 0 Å². The molecule has 0 spiro atoms. The smallest absolute Gasteiger partial charge is 0.250 e. The van der Waals surface area contributed by atoms with Gasteiger partial charge in [-0.2, -0.15) is 0 Å². The molecular weight excluding hydrogens is 178 g/mol. The summed E-state index contributed by atoms with van der Waals surface area (Å²) in [6.07, 6.45) is 1.73. The molecule has 0 unspecified atom stereocenters. The molecular formula is C11H13NO2. The van der Waals surface area contributed by atoms with Crippen molar-refractivity contribution in [3.8, 4) is 0 Å². The molecule has 0 aliphatic heterocycles. The van der Waals surface area contributed by atoms with Crippen LogP contribution in [-0.4, -0.2) is 19.6 Å². The van der Waals surface area contributed by atoms with Gasteiger partial charge in [-0.15, -0.1) is 0 Å². The van der Waals surface area contributed by atoms with E-state index in [4.69, 9.17) is 4.74 Å². The van der Waals surface area contributed by atoms with Gasteiger partial charge in [0, 0.05) is 12.8 Å². The number of rotatable bonds is 4. The van der Waals surface area contributed by atoms with Gasteiger partial charge in [0.05, 0.1) is 0 Å². The van der Waals surface area contributed by atoms with Gasteiger partial charge in [0.15, 0.2) is 0 Å². The zero-order valence-electron chi connectivity index (χ0n) is 8.12. The summed E-state index contributed by atoms with van der Waals surface area (Å²) in [7, 11) is 1.49. The van der Waals surface area contributed by atoms with Crippen LogP contribution in [0, 0.1) is 0 Å². The van der Waals surface area contributed by atoms with Gasteiger partial charge in [-0.25, -0.2) is 0 Å². The quantitative estimate of drug-likeness (QED) is 0.789. The topological polar surface area (TPSA) is 38.3 Å². The van der Waals surface area contributed by atoms with Gasteiger partial charge < -0.3 is 10.1 Å². The summed E-state index contributed by atoms with van der Waals surface area (Å²) >= 11 is 0. The average molecular weight is 191 g/mol. The number of carbonyl (C=O) groups is 1. The standard InChI is InChI=1S/C11H13NO2/c1-3-9-5-4-6-10(7-9)12-11(13)8-14-2/h3-7H,1,8H2,2H3,(H,12,13). The number of nitrogens with one attached hydrogen (secondary N) is 1. The van der Waals surface area contributed by atoms with Crippen molar-refractivity contribution in [1.29, 1.82) is 0 Å². The fourth-order valence-electron chi connectivity index (χ4n) is 1.07. The van der Waals surface area contributed by atoms with E-state index in [0.717, 1.165) is 11.3 Å². The minimum absolute atomic E-state index is 0.0678. The Kier molecular flexibility index (Phi) is 3.88. The van der Waals surface area contributed by atoms with E-state index in [1.807, 2.05) is 24.3 Å². The van der Waals surface area contributed by atoms with Crippen molar-refractivity contribution in [1.82, 2.24) is 0 Å². The Bertz CT molecular complexity index is 334. The summed E-state index contributed by atoms with van der Waals surface area (Å²) < 4.78 is 4.70. The van der Waals surface area contributed by atoms with Crippen molar-refractivity contribution >= 4 is 17.7 Å². The van der Waals surface area contributed by atoms with Crippen LogP contribution in [-0.2, 0) is 9.53 Å². The number of hydrogen-bond donors (Lipinski definition) is 1. The highest BCUT2D eigenvalue weighted by Gasteiger charge is 2.00. The van der Waals surface area contributed by atoms with Gasteiger partial charge >= 0.3 is 0 Å². The molecule has 0 aromatic heterocycles. The molecule has 0 saturated carbocycles. The van der Waals surface area contributed by atoms with E-state index >= 15 is 0 Å². The predicted octanol–water partition coefficient (Wildman–Crippen LogP) is 1.91. The fraction of sp³-hybridized carbons (Fsp3) is 0.182. The van der Waals surface area contributed by atoms with E-state index < -0.39 is 0 Å². The first-order valence-corrected chi connectivity index (χ1v) is 4.27. The third-order valence-electron chi connectivity index (χ3n) is 1.68. The lowest BCUT2D eigenvalue weighted by Gasteiger charge is -2.04. The van der Waals surface area contributed by atoms with Crippen molar-refractivity contribution in [2.75, 3.05) is 19.0 Å². The van der Waals surface area contributed by atoms with Gasteiger partial charge in [0.2, 0.25) is 5.91 Å². The molecule has 0 atom stereocenters. The Morgan fingerprint density at radius 3 is 3.07 bits per heavy atom. The van der Waals surface area contributed by atoms with Crippen molar-refractivity contribution in [2.45, 2.75) is 0 Å². The Morgan fingerprint density at radius 2 is 2.43 bits per heavy atom. The molecule has 1 rings (SSSR count). The fourth-order valence-corrected chi connectivity index (χ4v) is 1.07.